The van der Waals surface area contributed by atoms with E-state index in [1.54, 1.807) is 18.5 Å². The summed E-state index contributed by atoms with van der Waals surface area (Å²) >= 11 is 0. The second-order valence-corrected chi connectivity index (χ2v) is 3.73. The second-order valence-electron chi connectivity index (χ2n) is 3.73. The maximum Gasteiger partial charge on any atom is 0.153 e. The summed E-state index contributed by atoms with van der Waals surface area (Å²) in [5, 5.41) is 0. The van der Waals surface area contributed by atoms with Gasteiger partial charge >= 0.3 is 0 Å². The normalized spacial score (nSPS) is 11.7. The Morgan fingerprint density at radius 2 is 1.87 bits per heavy atom. The van der Waals surface area contributed by atoms with Crippen LogP contribution in [0.1, 0.15) is 32.5 Å². The van der Waals surface area contributed by atoms with Gasteiger partial charge in [0.05, 0.1) is 6.61 Å². The van der Waals surface area contributed by atoms with E-state index in [0.29, 0.717) is 19.0 Å². The van der Waals surface area contributed by atoms with Crippen LogP contribution < -0.4 is 5.73 Å². The van der Waals surface area contributed by atoms with Crippen LogP contribution in [0.2, 0.25) is 0 Å². The highest BCUT2D eigenvalue weighted by molar-refractivity contribution is 4.87. The lowest BCUT2D eigenvalue weighted by Gasteiger charge is -2.25. The molecule has 15 heavy (non-hydrogen) atoms. The molecule has 0 aliphatic carbocycles. The molecule has 4 nitrogen and oxygen atoms in total. The van der Waals surface area contributed by atoms with Crippen LogP contribution in [-0.2, 0) is 11.3 Å². The van der Waals surface area contributed by atoms with Gasteiger partial charge < -0.3 is 10.5 Å². The first-order valence-corrected chi connectivity index (χ1v) is 5.32. The van der Waals surface area contributed by atoms with Crippen molar-refractivity contribution in [2.75, 3.05) is 6.61 Å². The molecule has 84 valence electrons. The van der Waals surface area contributed by atoms with Gasteiger partial charge in [0.15, 0.2) is 5.82 Å². The number of nitrogens with zero attached hydrogens (tertiary/aromatic N) is 2. The molecule has 0 radical (unpaired) electrons. The Morgan fingerprint density at radius 1 is 1.27 bits per heavy atom. The van der Waals surface area contributed by atoms with Gasteiger partial charge in [0, 0.05) is 17.9 Å². The standard InChI is InChI=1S/C11H19N3O/c1-3-11(12,4-2)9-15-8-10-13-6-5-7-14-10/h5-7H,3-4,8-9,12H2,1-2H3. The number of hydrogen-bond donors (Lipinski definition) is 1. The van der Waals surface area contributed by atoms with E-state index in [1.165, 1.54) is 0 Å². The summed E-state index contributed by atoms with van der Waals surface area (Å²) in [6, 6.07) is 1.79. The average Bonchev–Trinajstić information content (AvgIpc) is 2.30. The highest BCUT2D eigenvalue weighted by Crippen LogP contribution is 2.11. The summed E-state index contributed by atoms with van der Waals surface area (Å²) in [6.07, 6.45) is 5.25. The van der Waals surface area contributed by atoms with Crippen molar-refractivity contribution in [1.29, 1.82) is 0 Å². The molecule has 1 heterocycles. The molecule has 0 aromatic carbocycles. The Morgan fingerprint density at radius 3 is 2.40 bits per heavy atom. The van der Waals surface area contributed by atoms with E-state index in [2.05, 4.69) is 23.8 Å². The number of ether oxygens (including phenoxy) is 1. The Bertz CT molecular complexity index is 272. The molecule has 0 unspecified atom stereocenters. The van der Waals surface area contributed by atoms with E-state index in [1.807, 2.05) is 0 Å². The molecule has 0 fully saturated rings. The molecule has 1 aromatic rings. The molecule has 0 saturated carbocycles. The van der Waals surface area contributed by atoms with Gasteiger partial charge in [-0.1, -0.05) is 13.8 Å². The number of rotatable bonds is 6. The molecule has 0 atom stereocenters. The van der Waals surface area contributed by atoms with Crippen molar-refractivity contribution >= 4 is 0 Å². The van der Waals surface area contributed by atoms with E-state index in [4.69, 9.17) is 10.5 Å². The lowest BCUT2D eigenvalue weighted by atomic mass is 9.96. The average molecular weight is 209 g/mol. The van der Waals surface area contributed by atoms with Gasteiger partial charge in [-0.25, -0.2) is 9.97 Å². The van der Waals surface area contributed by atoms with Crippen LogP contribution in [0.5, 0.6) is 0 Å². The van der Waals surface area contributed by atoms with Crippen molar-refractivity contribution < 1.29 is 4.74 Å². The molecule has 0 aliphatic rings. The van der Waals surface area contributed by atoms with Crippen molar-refractivity contribution in [1.82, 2.24) is 9.97 Å². The quantitative estimate of drug-likeness (QED) is 0.771. The van der Waals surface area contributed by atoms with Crippen LogP contribution in [0.3, 0.4) is 0 Å². The summed E-state index contributed by atoms with van der Waals surface area (Å²) in [6.45, 7) is 5.13. The molecule has 1 aromatic heterocycles. The Labute approximate surface area is 90.9 Å². The zero-order valence-corrected chi connectivity index (χ0v) is 9.44. The van der Waals surface area contributed by atoms with Gasteiger partial charge in [-0.2, -0.15) is 0 Å². The van der Waals surface area contributed by atoms with Gasteiger partial charge in [-0.05, 0) is 18.9 Å². The maximum absolute atomic E-state index is 6.09. The minimum Gasteiger partial charge on any atom is -0.372 e. The molecule has 0 spiro atoms. The molecule has 2 N–H and O–H groups in total. The smallest absolute Gasteiger partial charge is 0.153 e. The van der Waals surface area contributed by atoms with Crippen molar-refractivity contribution in [2.24, 2.45) is 5.73 Å². The molecular weight excluding hydrogens is 190 g/mol. The predicted molar refractivity (Wildman–Crippen MR) is 59.2 cm³/mol. The van der Waals surface area contributed by atoms with Gasteiger partial charge in [0.1, 0.15) is 6.61 Å². The van der Waals surface area contributed by atoms with Crippen LogP contribution in [0.25, 0.3) is 0 Å². The maximum atomic E-state index is 6.09. The summed E-state index contributed by atoms with van der Waals surface area (Å²) < 4.78 is 5.52. The minimum absolute atomic E-state index is 0.214. The minimum atomic E-state index is -0.214. The Kier molecular flexibility index (Phi) is 4.65. The van der Waals surface area contributed by atoms with E-state index in [-0.39, 0.29) is 5.54 Å². The van der Waals surface area contributed by atoms with Gasteiger partial charge in [-0.3, -0.25) is 0 Å². The third kappa shape index (κ3) is 3.93. The second kappa shape index (κ2) is 5.78. The summed E-state index contributed by atoms with van der Waals surface area (Å²) in [7, 11) is 0. The zero-order valence-electron chi connectivity index (χ0n) is 9.44. The molecule has 0 bridgehead atoms. The molecule has 1 rings (SSSR count). The number of nitrogens with two attached hydrogens (primary N) is 1. The van der Waals surface area contributed by atoms with E-state index in [9.17, 15) is 0 Å². The van der Waals surface area contributed by atoms with Crippen LogP contribution in [0.4, 0.5) is 0 Å². The summed E-state index contributed by atoms with van der Waals surface area (Å²) in [4.78, 5) is 8.15. The molecular formula is C11H19N3O. The van der Waals surface area contributed by atoms with Crippen LogP contribution in [0.15, 0.2) is 18.5 Å². The predicted octanol–water partition coefficient (Wildman–Crippen LogP) is 1.51. The molecule has 4 heteroatoms. The van der Waals surface area contributed by atoms with E-state index in [0.717, 1.165) is 12.8 Å². The SMILES string of the molecule is CCC(N)(CC)COCc1ncccn1. The fraction of sp³-hybridized carbons (Fsp3) is 0.636. The van der Waals surface area contributed by atoms with Gasteiger partial charge in [-0.15, -0.1) is 0 Å². The largest absolute Gasteiger partial charge is 0.372 e. The third-order valence-corrected chi connectivity index (χ3v) is 2.65. The van der Waals surface area contributed by atoms with Crippen LogP contribution in [0, 0.1) is 0 Å². The van der Waals surface area contributed by atoms with Crippen LogP contribution in [-0.4, -0.2) is 22.1 Å². The van der Waals surface area contributed by atoms with Crippen molar-refractivity contribution in [3.8, 4) is 0 Å². The van der Waals surface area contributed by atoms with E-state index >= 15 is 0 Å². The Balaban J connectivity index is 2.33. The van der Waals surface area contributed by atoms with Crippen LogP contribution >= 0.6 is 0 Å². The number of hydrogen-bond acceptors (Lipinski definition) is 4. The van der Waals surface area contributed by atoms with Gasteiger partial charge in [0.2, 0.25) is 0 Å². The fourth-order valence-corrected chi connectivity index (χ4v) is 1.20. The first-order valence-electron chi connectivity index (χ1n) is 5.32. The highest BCUT2D eigenvalue weighted by atomic mass is 16.5. The highest BCUT2D eigenvalue weighted by Gasteiger charge is 2.20. The first-order chi connectivity index (χ1) is 7.20. The third-order valence-electron chi connectivity index (χ3n) is 2.65. The molecule has 0 amide bonds. The topological polar surface area (TPSA) is 61.0 Å². The molecule has 0 aliphatic heterocycles. The zero-order chi connectivity index (χ0) is 11.1. The van der Waals surface area contributed by atoms with Crippen molar-refractivity contribution in [3.05, 3.63) is 24.3 Å². The summed E-state index contributed by atoms with van der Waals surface area (Å²) in [5.74, 6) is 0.701. The summed E-state index contributed by atoms with van der Waals surface area (Å²) in [5.41, 5.74) is 5.88. The fourth-order valence-electron chi connectivity index (χ4n) is 1.20. The number of aromatic nitrogens is 2. The Hall–Kier alpha value is -1.00. The van der Waals surface area contributed by atoms with E-state index < -0.39 is 0 Å². The monoisotopic (exact) mass is 209 g/mol. The van der Waals surface area contributed by atoms with Crippen molar-refractivity contribution in [2.45, 2.75) is 38.8 Å². The first kappa shape index (κ1) is 12.1. The lowest BCUT2D eigenvalue weighted by molar-refractivity contribution is 0.0657. The lowest BCUT2D eigenvalue weighted by Crippen LogP contribution is -2.43. The molecule has 0 saturated heterocycles. The van der Waals surface area contributed by atoms with Gasteiger partial charge in [0.25, 0.3) is 0 Å². The van der Waals surface area contributed by atoms with Crippen molar-refractivity contribution in [3.63, 3.8) is 0 Å².